The molecule has 4 heteroatoms. The molecule has 2 heterocycles. The fourth-order valence-electron chi connectivity index (χ4n) is 2.28. The highest BCUT2D eigenvalue weighted by atomic mass is 16.1. The van der Waals surface area contributed by atoms with Crippen LogP contribution in [-0.4, -0.2) is 20.5 Å². The predicted octanol–water partition coefficient (Wildman–Crippen LogP) is 3.19. The van der Waals surface area contributed by atoms with Gasteiger partial charge in [0.15, 0.2) is 5.78 Å². The third-order valence-corrected chi connectivity index (χ3v) is 3.26. The zero-order valence-electron chi connectivity index (χ0n) is 10.9. The number of benzene rings is 1. The molecule has 4 nitrogen and oxygen atoms in total. The number of carbonyl (C=O) groups is 1. The Kier molecular flexibility index (Phi) is 2.71. The van der Waals surface area contributed by atoms with Gasteiger partial charge in [-0.05, 0) is 6.07 Å². The molecule has 1 N–H and O–H groups in total. The van der Waals surface area contributed by atoms with E-state index in [0.717, 1.165) is 22.2 Å². The Balaban J connectivity index is 2.28. The van der Waals surface area contributed by atoms with E-state index in [1.165, 1.54) is 0 Å². The topological polar surface area (TPSA) is 50.7 Å². The Morgan fingerprint density at radius 3 is 2.79 bits per heavy atom. The summed E-state index contributed by atoms with van der Waals surface area (Å²) in [7, 11) is 0. The number of Topliss-reactive ketones (excluding diaryl/α,β-unsaturated/α-hetero) is 1. The van der Waals surface area contributed by atoms with Gasteiger partial charge < -0.3 is 4.57 Å². The number of ketones is 1. The Hall–Kier alpha value is -2.36. The maximum absolute atomic E-state index is 12.3. The highest BCUT2D eigenvalue weighted by Crippen LogP contribution is 2.26. The predicted molar refractivity (Wildman–Crippen MR) is 74.6 cm³/mol. The van der Waals surface area contributed by atoms with Crippen LogP contribution in [-0.2, 0) is 0 Å². The first-order valence-corrected chi connectivity index (χ1v) is 6.32. The number of rotatable bonds is 3. The number of hydrogen-bond acceptors (Lipinski definition) is 2. The maximum atomic E-state index is 12.3. The Bertz CT molecular complexity index is 723. The van der Waals surface area contributed by atoms with Gasteiger partial charge in [-0.15, -0.1) is 0 Å². The Labute approximate surface area is 111 Å². The van der Waals surface area contributed by atoms with Gasteiger partial charge in [0.1, 0.15) is 0 Å². The summed E-state index contributed by atoms with van der Waals surface area (Å²) in [6, 6.07) is 7.93. The van der Waals surface area contributed by atoms with Crippen molar-refractivity contribution in [1.82, 2.24) is 14.8 Å². The van der Waals surface area contributed by atoms with Gasteiger partial charge in [0, 0.05) is 29.3 Å². The van der Waals surface area contributed by atoms with Crippen molar-refractivity contribution >= 4 is 16.7 Å². The van der Waals surface area contributed by atoms with Crippen LogP contribution in [0.5, 0.6) is 0 Å². The van der Waals surface area contributed by atoms with Crippen LogP contribution < -0.4 is 0 Å². The van der Waals surface area contributed by atoms with Crippen molar-refractivity contribution in [2.45, 2.75) is 13.8 Å². The van der Waals surface area contributed by atoms with Gasteiger partial charge >= 0.3 is 0 Å². The molecule has 0 saturated carbocycles. The molecule has 0 bridgehead atoms. The molecule has 3 rings (SSSR count). The summed E-state index contributed by atoms with van der Waals surface area (Å²) in [5.41, 5.74) is 2.72. The summed E-state index contributed by atoms with van der Waals surface area (Å²) in [6.45, 7) is 3.85. The molecule has 0 unspecified atom stereocenters. The molecule has 0 aliphatic carbocycles. The van der Waals surface area contributed by atoms with Gasteiger partial charge in [0.05, 0.1) is 17.4 Å². The highest BCUT2D eigenvalue weighted by molar-refractivity contribution is 6.09. The van der Waals surface area contributed by atoms with Crippen molar-refractivity contribution in [3.05, 3.63) is 48.4 Å². The van der Waals surface area contributed by atoms with E-state index in [1.807, 2.05) is 55.1 Å². The highest BCUT2D eigenvalue weighted by Gasteiger charge is 2.18. The number of aromatic amines is 1. The smallest absolute Gasteiger partial charge is 0.167 e. The molecule has 3 aromatic rings. The van der Waals surface area contributed by atoms with Gasteiger partial charge in [-0.25, -0.2) is 0 Å². The maximum Gasteiger partial charge on any atom is 0.167 e. The molecule has 0 aliphatic heterocycles. The number of fused-ring (bicyclic) bond motifs is 1. The molecule has 0 fully saturated rings. The first kappa shape index (κ1) is 11.7. The van der Waals surface area contributed by atoms with Crippen molar-refractivity contribution in [1.29, 1.82) is 0 Å². The third-order valence-electron chi connectivity index (χ3n) is 3.26. The second kappa shape index (κ2) is 4.39. The summed E-state index contributed by atoms with van der Waals surface area (Å²) in [5.74, 6) is 0.155. The fraction of sp³-hybridized carbons (Fsp3) is 0.200. The second-order valence-corrected chi connectivity index (χ2v) is 4.91. The minimum absolute atomic E-state index is 0.0106. The van der Waals surface area contributed by atoms with Crippen molar-refractivity contribution < 1.29 is 4.79 Å². The first-order chi connectivity index (χ1) is 9.18. The molecule has 96 valence electrons. The van der Waals surface area contributed by atoms with Crippen LogP contribution in [0.2, 0.25) is 0 Å². The minimum atomic E-state index is -0.0106. The summed E-state index contributed by atoms with van der Waals surface area (Å²) < 4.78 is 1.99. The van der Waals surface area contributed by atoms with Crippen LogP contribution in [0.25, 0.3) is 16.6 Å². The number of H-pyrrole nitrogens is 1. The monoisotopic (exact) mass is 253 g/mol. The second-order valence-electron chi connectivity index (χ2n) is 4.91. The van der Waals surface area contributed by atoms with Gasteiger partial charge in [-0.3, -0.25) is 9.89 Å². The van der Waals surface area contributed by atoms with Crippen molar-refractivity contribution in [2.24, 2.45) is 5.92 Å². The van der Waals surface area contributed by atoms with Crippen LogP contribution in [0.15, 0.2) is 42.9 Å². The molecule has 19 heavy (non-hydrogen) atoms. The summed E-state index contributed by atoms with van der Waals surface area (Å²) in [6.07, 6.45) is 5.46. The lowest BCUT2D eigenvalue weighted by molar-refractivity contribution is 0.0941. The van der Waals surface area contributed by atoms with E-state index in [9.17, 15) is 4.79 Å². The standard InChI is InChI=1S/C15H15N3O/c1-10(2)15(19)13-9-18(11-7-16-17-8-11)14-6-4-3-5-12(13)14/h3-10H,1-2H3,(H,16,17). The molecule has 2 aromatic heterocycles. The van der Waals surface area contributed by atoms with Crippen LogP contribution in [0, 0.1) is 5.92 Å². The van der Waals surface area contributed by atoms with E-state index in [4.69, 9.17) is 0 Å². The number of aromatic nitrogens is 3. The molecule has 0 aliphatic rings. The molecule has 0 radical (unpaired) electrons. The lowest BCUT2D eigenvalue weighted by Crippen LogP contribution is -2.06. The number of hydrogen-bond donors (Lipinski definition) is 1. The summed E-state index contributed by atoms with van der Waals surface area (Å²) in [4.78, 5) is 12.3. The largest absolute Gasteiger partial charge is 0.313 e. The van der Waals surface area contributed by atoms with Gasteiger partial charge in [-0.1, -0.05) is 32.0 Å². The van der Waals surface area contributed by atoms with Gasteiger partial charge in [0.2, 0.25) is 0 Å². The van der Waals surface area contributed by atoms with E-state index >= 15 is 0 Å². The van der Waals surface area contributed by atoms with Gasteiger partial charge in [0.25, 0.3) is 0 Å². The normalized spacial score (nSPS) is 11.3. The molecule has 0 saturated heterocycles. The number of para-hydroxylation sites is 1. The minimum Gasteiger partial charge on any atom is -0.313 e. The Morgan fingerprint density at radius 2 is 2.11 bits per heavy atom. The number of nitrogens with zero attached hydrogens (tertiary/aromatic N) is 2. The van der Waals surface area contributed by atoms with Crippen LogP contribution >= 0.6 is 0 Å². The Morgan fingerprint density at radius 1 is 1.32 bits per heavy atom. The third kappa shape index (κ3) is 1.85. The lowest BCUT2D eigenvalue weighted by atomic mass is 10.0. The molecule has 0 amide bonds. The van der Waals surface area contributed by atoms with Crippen molar-refractivity contribution in [3.63, 3.8) is 0 Å². The van der Waals surface area contributed by atoms with Crippen LogP contribution in [0.4, 0.5) is 0 Å². The van der Waals surface area contributed by atoms with Gasteiger partial charge in [-0.2, -0.15) is 5.10 Å². The summed E-state index contributed by atoms with van der Waals surface area (Å²) >= 11 is 0. The van der Waals surface area contributed by atoms with E-state index in [2.05, 4.69) is 10.2 Å². The quantitative estimate of drug-likeness (QED) is 0.729. The SMILES string of the molecule is CC(C)C(=O)c1cn(-c2cn[nH]c2)c2ccccc12. The first-order valence-electron chi connectivity index (χ1n) is 6.32. The average Bonchev–Trinajstić information content (AvgIpc) is 3.04. The molecular weight excluding hydrogens is 238 g/mol. The zero-order valence-corrected chi connectivity index (χ0v) is 10.9. The molecule has 0 spiro atoms. The van der Waals surface area contributed by atoms with E-state index in [1.54, 1.807) is 6.20 Å². The zero-order chi connectivity index (χ0) is 13.4. The number of nitrogens with one attached hydrogen (secondary N) is 1. The van der Waals surface area contributed by atoms with Crippen LogP contribution in [0.3, 0.4) is 0 Å². The van der Waals surface area contributed by atoms with Crippen LogP contribution in [0.1, 0.15) is 24.2 Å². The molecular formula is C15H15N3O. The number of carbonyl (C=O) groups excluding carboxylic acids is 1. The summed E-state index contributed by atoms with van der Waals surface area (Å²) in [5, 5.41) is 7.75. The van der Waals surface area contributed by atoms with Crippen molar-refractivity contribution in [2.75, 3.05) is 0 Å². The van der Waals surface area contributed by atoms with E-state index in [-0.39, 0.29) is 11.7 Å². The van der Waals surface area contributed by atoms with Crippen molar-refractivity contribution in [3.8, 4) is 5.69 Å². The molecule has 0 atom stereocenters. The lowest BCUT2D eigenvalue weighted by Gasteiger charge is -2.01. The van der Waals surface area contributed by atoms with E-state index in [0.29, 0.717) is 0 Å². The average molecular weight is 253 g/mol. The fourth-order valence-corrected chi connectivity index (χ4v) is 2.28. The molecule has 1 aromatic carbocycles. The van der Waals surface area contributed by atoms with E-state index < -0.39 is 0 Å².